The molecule has 0 aliphatic heterocycles. The molecular weight excluding hydrogens is 1710 g/mol. The minimum atomic E-state index is -3.10. The molecule has 654 valence electrons. The van der Waals surface area contributed by atoms with Crippen molar-refractivity contribution in [3.05, 3.63) is 534 Å². The van der Waals surface area contributed by atoms with Crippen LogP contribution in [0.3, 0.4) is 0 Å². The Labute approximate surface area is 811 Å². The summed E-state index contributed by atoms with van der Waals surface area (Å²) in [6.07, 6.45) is 0. The Morgan fingerprint density at radius 3 is 0.900 bits per heavy atom. The van der Waals surface area contributed by atoms with Gasteiger partial charge < -0.3 is 4.57 Å². The van der Waals surface area contributed by atoms with Crippen LogP contribution in [0.5, 0.6) is 0 Å². The minimum absolute atomic E-state index is 0.795. The maximum atomic E-state index is 15.0. The molecule has 0 aliphatic rings. The highest BCUT2D eigenvalue weighted by molar-refractivity contribution is 7.85. The third-order valence-electron chi connectivity index (χ3n) is 27.9. The van der Waals surface area contributed by atoms with Gasteiger partial charge in [0.05, 0.1) is 33.6 Å². The van der Waals surface area contributed by atoms with Crippen molar-refractivity contribution in [1.29, 1.82) is 0 Å². The van der Waals surface area contributed by atoms with Crippen LogP contribution in [-0.2, 0) is 4.57 Å². The van der Waals surface area contributed by atoms with Gasteiger partial charge in [-0.1, -0.05) is 455 Å². The number of nitrogens with zero attached hydrogens (tertiary/aromatic N) is 3. The fraction of sp³-hybridized carbons (Fsp3) is 0. The summed E-state index contributed by atoms with van der Waals surface area (Å²) < 4.78 is 15.0. The quantitative estimate of drug-likeness (QED) is 0.0656. The van der Waals surface area contributed by atoms with Gasteiger partial charge in [0, 0.05) is 48.8 Å². The molecular formula is C135H88N3OP. The van der Waals surface area contributed by atoms with Crippen molar-refractivity contribution in [1.82, 2.24) is 15.0 Å². The second kappa shape index (κ2) is 36.0. The maximum Gasteiger partial charge on any atom is 0.171 e. The summed E-state index contributed by atoms with van der Waals surface area (Å²) in [5.41, 5.74) is 25.7. The average Bonchev–Trinajstić information content (AvgIpc) is 0.751. The van der Waals surface area contributed by atoms with E-state index in [0.29, 0.717) is 0 Å². The van der Waals surface area contributed by atoms with Crippen LogP contribution < -0.4 is 15.9 Å². The van der Waals surface area contributed by atoms with Crippen LogP contribution in [0.4, 0.5) is 0 Å². The summed E-state index contributed by atoms with van der Waals surface area (Å²) in [6.45, 7) is 0. The number of aromatic nitrogens is 3. The van der Waals surface area contributed by atoms with Crippen LogP contribution in [-0.4, -0.2) is 15.0 Å². The van der Waals surface area contributed by atoms with Gasteiger partial charge in [0.25, 0.3) is 0 Å². The molecule has 0 unspecified atom stereocenters. The SMILES string of the molecule is O=P(c1ccccc1)(c1ccccc1)c1cccc(-c2cc(-c3ccccc3)c3c(ccc4ccccc43)n2)c1.c1ccc(-c2cc(-c3cccc(-c4cc5ccccc5c5ccccc45)c3)nc3ccc4ccccc4c23)cc1.c1ccc(-c2cc(-c3cccc(-c4ccc5c(-c6ccc7ccccc7c6)c6ccccc6c(-c6ccc7ccccc7c6)c5c4)c3)nc3ccc4ccccc4c23)cc1. The van der Waals surface area contributed by atoms with Crippen molar-refractivity contribution < 1.29 is 4.57 Å². The molecule has 0 amide bonds. The molecule has 0 saturated heterocycles. The van der Waals surface area contributed by atoms with Crippen LogP contribution in [0.1, 0.15) is 0 Å². The highest BCUT2D eigenvalue weighted by atomic mass is 31.2. The lowest BCUT2D eigenvalue weighted by Crippen LogP contribution is -2.25. The molecule has 3 heterocycles. The van der Waals surface area contributed by atoms with Crippen LogP contribution in [0.25, 0.3) is 241 Å². The first-order valence-electron chi connectivity index (χ1n) is 47.8. The van der Waals surface area contributed by atoms with Gasteiger partial charge in [0.1, 0.15) is 0 Å². The van der Waals surface area contributed by atoms with E-state index in [9.17, 15) is 0 Å². The van der Waals surface area contributed by atoms with E-state index < -0.39 is 7.14 Å². The topological polar surface area (TPSA) is 55.7 Å². The molecule has 0 aliphatic carbocycles. The van der Waals surface area contributed by atoms with Crippen LogP contribution in [0.2, 0.25) is 0 Å². The first kappa shape index (κ1) is 83.9. The fourth-order valence-electron chi connectivity index (χ4n) is 21.3. The largest absolute Gasteiger partial charge is 0.309 e. The Hall–Kier alpha value is -17.9. The average molecular weight is 1800 g/mol. The minimum Gasteiger partial charge on any atom is -0.309 e. The lowest BCUT2D eigenvalue weighted by Gasteiger charge is -2.21. The number of hydrogen-bond donors (Lipinski definition) is 0. The van der Waals surface area contributed by atoms with E-state index in [1.54, 1.807) is 0 Å². The van der Waals surface area contributed by atoms with Crippen molar-refractivity contribution in [2.75, 3.05) is 0 Å². The fourth-order valence-corrected chi connectivity index (χ4v) is 23.9. The summed E-state index contributed by atoms with van der Waals surface area (Å²) in [5.74, 6) is 0. The molecule has 27 rings (SSSR count). The van der Waals surface area contributed by atoms with Crippen molar-refractivity contribution in [2.24, 2.45) is 0 Å². The molecule has 5 heteroatoms. The van der Waals surface area contributed by atoms with Gasteiger partial charge in [-0.25, -0.2) is 15.0 Å². The molecule has 0 bridgehead atoms. The van der Waals surface area contributed by atoms with Gasteiger partial charge in [-0.3, -0.25) is 0 Å². The Morgan fingerprint density at radius 2 is 0.443 bits per heavy atom. The number of rotatable bonds is 13. The first-order valence-corrected chi connectivity index (χ1v) is 49.5. The monoisotopic (exact) mass is 1800 g/mol. The molecule has 4 nitrogen and oxygen atoms in total. The van der Waals surface area contributed by atoms with Crippen molar-refractivity contribution in [2.45, 2.75) is 0 Å². The number of fused-ring (bicyclic) bond motifs is 16. The summed E-state index contributed by atoms with van der Waals surface area (Å²) >= 11 is 0. The second-order valence-electron chi connectivity index (χ2n) is 36.2. The molecule has 0 fully saturated rings. The highest BCUT2D eigenvalue weighted by Crippen LogP contribution is 2.50. The van der Waals surface area contributed by atoms with Gasteiger partial charge in [-0.2, -0.15) is 0 Å². The van der Waals surface area contributed by atoms with Crippen LogP contribution in [0, 0.1) is 0 Å². The van der Waals surface area contributed by atoms with Gasteiger partial charge >= 0.3 is 0 Å². The van der Waals surface area contributed by atoms with Crippen molar-refractivity contribution in [3.63, 3.8) is 0 Å². The third kappa shape index (κ3) is 15.4. The third-order valence-corrected chi connectivity index (χ3v) is 31.0. The van der Waals surface area contributed by atoms with Gasteiger partial charge in [-0.15, -0.1) is 0 Å². The Morgan fingerprint density at radius 1 is 0.143 bits per heavy atom. The van der Waals surface area contributed by atoms with E-state index in [-0.39, 0.29) is 0 Å². The molecule has 0 N–H and O–H groups in total. The van der Waals surface area contributed by atoms with E-state index in [2.05, 4.69) is 455 Å². The Kier molecular flexibility index (Phi) is 21.6. The Bertz CT molecular complexity index is 9560. The number of benzene rings is 24. The maximum absolute atomic E-state index is 15.0. The van der Waals surface area contributed by atoms with Crippen molar-refractivity contribution in [3.8, 4) is 112 Å². The standard InChI is InChI=1S/C59H37N.C39H25N.C37H26NOP/c1-2-15-40(16-3-1)53-37-56(60-55-32-30-41-17-8-9-22-49(41)59(53)55)46-21-12-20-44(33-46)45-29-31-52-54(36-45)58(48-28-26-39-14-5-7-19-43(39)35-48)51-24-11-10-23-50(51)57(52)47-27-25-38-13-4-6-18-42(38)34-47;1-2-11-26(12-3-1)36-25-38(40-37-22-21-27-13-4-7-18-32(27)39(36)37)30-16-10-15-28(23-30)35-24-29-14-5-6-17-31(29)33-19-8-9-20-34(33)35;39-40(30-17-6-2-7-18-30,31-19-8-3-9-20-31)32-21-12-16-29(25-32)36-26-34(27-13-4-1-5-14-27)37-33-22-11-10-15-28(33)23-24-35(37)38-36/h1-37H;1-25H;1-26H. The highest BCUT2D eigenvalue weighted by Gasteiger charge is 2.31. The zero-order valence-electron chi connectivity index (χ0n) is 76.5. The predicted octanol–water partition coefficient (Wildman–Crippen LogP) is 35.4. The zero-order chi connectivity index (χ0) is 93.0. The number of hydrogen-bond acceptors (Lipinski definition) is 4. The summed E-state index contributed by atoms with van der Waals surface area (Å²) in [4.78, 5) is 15.7. The molecule has 24 aromatic carbocycles. The molecule has 0 spiro atoms. The smallest absolute Gasteiger partial charge is 0.171 e. The zero-order valence-corrected chi connectivity index (χ0v) is 77.4. The molecule has 3 aromatic heterocycles. The van der Waals surface area contributed by atoms with Crippen LogP contribution >= 0.6 is 7.14 Å². The van der Waals surface area contributed by atoms with E-state index in [1.807, 2.05) is 78.9 Å². The summed E-state index contributed by atoms with van der Waals surface area (Å²) in [7, 11) is -3.10. The van der Waals surface area contributed by atoms with E-state index in [0.717, 1.165) is 88.3 Å². The van der Waals surface area contributed by atoms with E-state index in [1.165, 1.54) is 169 Å². The van der Waals surface area contributed by atoms with Crippen molar-refractivity contribution >= 4 is 153 Å². The van der Waals surface area contributed by atoms with Crippen LogP contribution in [0.15, 0.2) is 534 Å². The molecule has 0 atom stereocenters. The lowest BCUT2D eigenvalue weighted by atomic mass is 9.84. The van der Waals surface area contributed by atoms with Gasteiger partial charge in [0.15, 0.2) is 7.14 Å². The lowest BCUT2D eigenvalue weighted by molar-refractivity contribution is 0.592. The number of pyridine rings is 3. The molecule has 27 aromatic rings. The molecule has 140 heavy (non-hydrogen) atoms. The first-order chi connectivity index (χ1) is 69.3. The van der Waals surface area contributed by atoms with Gasteiger partial charge in [-0.05, 0) is 254 Å². The Balaban J connectivity index is 0.000000115. The molecule has 0 saturated carbocycles. The second-order valence-corrected chi connectivity index (χ2v) is 38.9. The summed E-state index contributed by atoms with van der Waals surface area (Å²) in [6, 6.07) is 190. The summed E-state index contributed by atoms with van der Waals surface area (Å²) in [5, 5.41) is 28.3. The predicted molar refractivity (Wildman–Crippen MR) is 597 cm³/mol. The van der Waals surface area contributed by atoms with Gasteiger partial charge in [0.2, 0.25) is 0 Å². The normalized spacial score (nSPS) is 11.6. The molecule has 0 radical (unpaired) electrons. The van der Waals surface area contributed by atoms with E-state index in [4.69, 9.17) is 15.0 Å². The van der Waals surface area contributed by atoms with E-state index >= 15 is 4.57 Å².